The van der Waals surface area contributed by atoms with Crippen molar-refractivity contribution in [1.29, 1.82) is 0 Å². The van der Waals surface area contributed by atoms with Crippen LogP contribution in [-0.2, 0) is 0 Å². The van der Waals surface area contributed by atoms with Gasteiger partial charge >= 0.3 is 0 Å². The van der Waals surface area contributed by atoms with Gasteiger partial charge in [-0.1, -0.05) is 11.6 Å². The number of ether oxygens (including phenoxy) is 1. The smallest absolute Gasteiger partial charge is 0.253 e. The summed E-state index contributed by atoms with van der Waals surface area (Å²) in [6.07, 6.45) is 0.656. The number of hydrogen-bond acceptors (Lipinski definition) is 4. The third-order valence-electron chi connectivity index (χ3n) is 4.83. The molecule has 2 aromatic rings. The van der Waals surface area contributed by atoms with E-state index in [0.29, 0.717) is 16.7 Å². The summed E-state index contributed by atoms with van der Waals surface area (Å²) in [7, 11) is 0. The van der Waals surface area contributed by atoms with Crippen LogP contribution in [0.5, 0.6) is 5.75 Å². The number of fused-ring (bicyclic) bond motifs is 1. The number of hydrogen-bond donors (Lipinski definition) is 4. The van der Waals surface area contributed by atoms with Gasteiger partial charge < -0.3 is 25.3 Å². The van der Waals surface area contributed by atoms with Crippen LogP contribution in [-0.4, -0.2) is 52.4 Å². The molecule has 0 aliphatic heterocycles. The Balaban J connectivity index is 1.76. The van der Waals surface area contributed by atoms with E-state index in [1.54, 1.807) is 12.3 Å². The Morgan fingerprint density at radius 2 is 2.04 bits per heavy atom. The molecular formula is C18H21ClF2N2O4. The molecule has 1 heterocycles. The first-order chi connectivity index (χ1) is 12.7. The molecule has 6 nitrogen and oxygen atoms in total. The largest absolute Gasteiger partial charge is 0.489 e. The van der Waals surface area contributed by atoms with E-state index in [4.69, 9.17) is 21.4 Å². The standard InChI is InChI=1S/C18H21ClF2N2O4/c19-14-11-1-6-22-15(11)13(27-8-7-24)9-12(14)16(25)23-10-17(26)2-4-18(20,21)5-3-17/h1,6,9,22,24,26H,2-5,7-8,10H2,(H,23,25). The van der Waals surface area contributed by atoms with Crippen LogP contribution in [0.1, 0.15) is 36.0 Å². The van der Waals surface area contributed by atoms with E-state index < -0.39 is 30.3 Å². The molecule has 0 saturated heterocycles. The van der Waals surface area contributed by atoms with Crippen molar-refractivity contribution in [1.82, 2.24) is 10.3 Å². The van der Waals surface area contributed by atoms with Gasteiger partial charge in [-0.3, -0.25) is 4.79 Å². The Hall–Kier alpha value is -1.90. The van der Waals surface area contributed by atoms with E-state index in [2.05, 4.69) is 10.3 Å². The van der Waals surface area contributed by atoms with Crippen molar-refractivity contribution in [2.75, 3.05) is 19.8 Å². The van der Waals surface area contributed by atoms with Crippen molar-refractivity contribution >= 4 is 28.4 Å². The molecule has 0 bridgehead atoms. The molecule has 1 saturated carbocycles. The Morgan fingerprint density at radius 1 is 1.33 bits per heavy atom. The topological polar surface area (TPSA) is 94.6 Å². The summed E-state index contributed by atoms with van der Waals surface area (Å²) >= 11 is 6.33. The number of carbonyl (C=O) groups excluding carboxylic acids is 1. The maximum Gasteiger partial charge on any atom is 0.253 e. The third kappa shape index (κ3) is 4.34. The van der Waals surface area contributed by atoms with Crippen molar-refractivity contribution in [3.63, 3.8) is 0 Å². The lowest BCUT2D eigenvalue weighted by molar-refractivity contribution is -0.101. The molecule has 1 aliphatic carbocycles. The van der Waals surface area contributed by atoms with E-state index in [1.807, 2.05) is 0 Å². The Kier molecular flexibility index (Phi) is 5.60. The molecule has 1 amide bonds. The van der Waals surface area contributed by atoms with Gasteiger partial charge in [-0.05, 0) is 25.0 Å². The second-order valence-electron chi connectivity index (χ2n) is 6.84. The van der Waals surface area contributed by atoms with Gasteiger partial charge in [0.25, 0.3) is 5.91 Å². The maximum atomic E-state index is 13.3. The first-order valence-electron chi connectivity index (χ1n) is 8.66. The predicted octanol–water partition coefficient (Wildman–Crippen LogP) is 2.86. The number of aromatic amines is 1. The summed E-state index contributed by atoms with van der Waals surface area (Å²) in [5.41, 5.74) is -0.627. The average Bonchev–Trinajstić information content (AvgIpc) is 3.13. The lowest BCUT2D eigenvalue weighted by atomic mass is 9.82. The fraction of sp³-hybridized carbons (Fsp3) is 0.500. The second-order valence-corrected chi connectivity index (χ2v) is 7.22. The van der Waals surface area contributed by atoms with Gasteiger partial charge in [-0.15, -0.1) is 0 Å². The SMILES string of the molecule is O=C(NCC1(O)CCC(F)(F)CC1)c1cc(OCCO)c2[nH]ccc2c1Cl. The maximum absolute atomic E-state index is 13.3. The molecule has 0 radical (unpaired) electrons. The molecule has 4 N–H and O–H groups in total. The van der Waals surface area contributed by atoms with Crippen LogP contribution in [0, 0.1) is 0 Å². The minimum absolute atomic E-state index is 0.0464. The van der Waals surface area contributed by atoms with Crippen LogP contribution < -0.4 is 10.1 Å². The normalized spacial score (nSPS) is 18.4. The van der Waals surface area contributed by atoms with Crippen LogP contribution in [0.25, 0.3) is 10.9 Å². The number of alkyl halides is 2. The van der Waals surface area contributed by atoms with Crippen LogP contribution >= 0.6 is 11.6 Å². The number of nitrogens with one attached hydrogen (secondary N) is 2. The lowest BCUT2D eigenvalue weighted by Crippen LogP contribution is -2.47. The van der Waals surface area contributed by atoms with E-state index in [1.165, 1.54) is 6.07 Å². The first-order valence-corrected chi connectivity index (χ1v) is 9.04. The van der Waals surface area contributed by atoms with Gasteiger partial charge in [-0.25, -0.2) is 8.78 Å². The molecule has 1 aliphatic rings. The zero-order valence-electron chi connectivity index (χ0n) is 14.5. The van der Waals surface area contributed by atoms with Crippen LogP contribution in [0.2, 0.25) is 5.02 Å². The molecule has 27 heavy (non-hydrogen) atoms. The number of H-pyrrole nitrogens is 1. The van der Waals surface area contributed by atoms with Crippen molar-refractivity contribution in [2.24, 2.45) is 0 Å². The van der Waals surface area contributed by atoms with Crippen LogP contribution in [0.15, 0.2) is 18.3 Å². The summed E-state index contributed by atoms with van der Waals surface area (Å²) in [6, 6.07) is 3.14. The van der Waals surface area contributed by atoms with Crippen molar-refractivity contribution in [2.45, 2.75) is 37.2 Å². The molecule has 148 valence electrons. The van der Waals surface area contributed by atoms with Crippen molar-refractivity contribution in [3.05, 3.63) is 28.9 Å². The molecule has 0 spiro atoms. The Bertz CT molecular complexity index is 830. The summed E-state index contributed by atoms with van der Waals surface area (Å²) in [5.74, 6) is -2.95. The van der Waals surface area contributed by atoms with Gasteiger partial charge in [-0.2, -0.15) is 0 Å². The number of halogens is 3. The summed E-state index contributed by atoms with van der Waals surface area (Å²) in [5, 5.41) is 22.8. The molecule has 9 heteroatoms. The lowest BCUT2D eigenvalue weighted by Gasteiger charge is -2.35. The van der Waals surface area contributed by atoms with Crippen LogP contribution in [0.4, 0.5) is 8.78 Å². The van der Waals surface area contributed by atoms with Crippen molar-refractivity contribution < 1.29 is 28.5 Å². The molecule has 1 fully saturated rings. The number of aromatic nitrogens is 1. The number of aliphatic hydroxyl groups excluding tert-OH is 1. The second kappa shape index (κ2) is 7.61. The predicted molar refractivity (Wildman–Crippen MR) is 96.6 cm³/mol. The molecule has 3 rings (SSSR count). The zero-order valence-corrected chi connectivity index (χ0v) is 15.3. The molecule has 1 aromatic carbocycles. The number of rotatable bonds is 6. The van der Waals surface area contributed by atoms with E-state index in [-0.39, 0.29) is 43.2 Å². The highest BCUT2D eigenvalue weighted by atomic mass is 35.5. The number of carbonyl (C=O) groups is 1. The van der Waals surface area contributed by atoms with E-state index >= 15 is 0 Å². The monoisotopic (exact) mass is 402 g/mol. The summed E-state index contributed by atoms with van der Waals surface area (Å²) in [6.45, 7) is -0.287. The highest BCUT2D eigenvalue weighted by Crippen LogP contribution is 2.38. The van der Waals surface area contributed by atoms with Gasteiger partial charge in [0.05, 0.1) is 28.3 Å². The Morgan fingerprint density at radius 3 is 2.70 bits per heavy atom. The summed E-state index contributed by atoms with van der Waals surface area (Å²) in [4.78, 5) is 15.6. The third-order valence-corrected chi connectivity index (χ3v) is 5.23. The van der Waals surface area contributed by atoms with Gasteiger partial charge in [0.15, 0.2) is 0 Å². The van der Waals surface area contributed by atoms with Gasteiger partial charge in [0.1, 0.15) is 12.4 Å². The number of amides is 1. The van der Waals surface area contributed by atoms with Crippen molar-refractivity contribution in [3.8, 4) is 5.75 Å². The summed E-state index contributed by atoms with van der Waals surface area (Å²) < 4.78 is 32.0. The van der Waals surface area contributed by atoms with Crippen LogP contribution in [0.3, 0.4) is 0 Å². The first kappa shape index (κ1) is 19.9. The zero-order chi connectivity index (χ0) is 19.7. The molecule has 0 unspecified atom stereocenters. The Labute approximate surface area is 159 Å². The van der Waals surface area contributed by atoms with E-state index in [9.17, 15) is 18.7 Å². The van der Waals surface area contributed by atoms with Gasteiger partial charge in [0.2, 0.25) is 5.92 Å². The van der Waals surface area contributed by atoms with Gasteiger partial charge in [0, 0.05) is 31.0 Å². The molecule has 0 atom stereocenters. The molecular weight excluding hydrogens is 382 g/mol. The highest BCUT2D eigenvalue weighted by molar-refractivity contribution is 6.38. The quantitative estimate of drug-likeness (QED) is 0.597. The minimum atomic E-state index is -2.77. The highest BCUT2D eigenvalue weighted by Gasteiger charge is 2.42. The minimum Gasteiger partial charge on any atom is -0.489 e. The number of benzene rings is 1. The molecule has 1 aromatic heterocycles. The average molecular weight is 403 g/mol. The van der Waals surface area contributed by atoms with E-state index in [0.717, 1.165) is 0 Å². The fourth-order valence-electron chi connectivity index (χ4n) is 3.20. The fourth-order valence-corrected chi connectivity index (χ4v) is 3.50. The number of aliphatic hydroxyl groups is 2.